The number of hydrogen-bond donors (Lipinski definition) is 0. The maximum atomic E-state index is 6.12. The molecule has 0 aliphatic heterocycles. The Morgan fingerprint density at radius 1 is 0.540 bits per heavy atom. The largest absolute Gasteiger partial charge is 2.00 e. The third-order valence-corrected chi connectivity index (χ3v) is 9.32. The monoisotopic (exact) mass is 841 g/mol. The molecule has 4 heterocycles. The Balaban J connectivity index is 0.00000392. The molecule has 0 spiro atoms. The molecule has 8 rings (SSSR count). The predicted molar refractivity (Wildman–Crippen MR) is 198 cm³/mol. The van der Waals surface area contributed by atoms with Gasteiger partial charge in [-0.15, -0.1) is 24.3 Å². The molecule has 4 aromatic carbocycles. The number of aromatic nitrogens is 4. The number of rotatable bonds is 6. The number of para-hydroxylation sites is 2. The number of benzene rings is 4. The van der Waals surface area contributed by atoms with Gasteiger partial charge in [-0.3, -0.25) is 9.36 Å². The molecule has 4 aromatic heterocycles. The zero-order valence-corrected chi connectivity index (χ0v) is 32.2. The molecule has 0 fully saturated rings. The predicted octanol–water partition coefficient (Wildman–Crippen LogP) is 11.0. The summed E-state index contributed by atoms with van der Waals surface area (Å²) < 4.78 is 16.4. The van der Waals surface area contributed by atoms with Gasteiger partial charge in [-0.2, -0.15) is 22.3 Å². The summed E-state index contributed by atoms with van der Waals surface area (Å²) in [6.07, 6.45) is 1.71. The average Bonchev–Trinajstić information content (AvgIpc) is 3.82. The van der Waals surface area contributed by atoms with Crippen LogP contribution >= 0.6 is 0 Å². The van der Waals surface area contributed by atoms with Gasteiger partial charge in [0.1, 0.15) is 11.2 Å². The Labute approximate surface area is 307 Å². The first kappa shape index (κ1) is 34.1. The van der Waals surface area contributed by atoms with Crippen LogP contribution in [0.3, 0.4) is 0 Å². The van der Waals surface area contributed by atoms with Crippen molar-refractivity contribution in [3.05, 3.63) is 120 Å². The SMILES string of the molecule is CC(C)(C)Cc1cc(C(C)(C)c2cc(CC(C)(C)C)n(-c3[c-]cc4oc5ccccc5c4c3)n2)nn1-c1[c-]cc2oc3ccccc3c2c1.[Pt+2]. The zero-order chi connectivity index (χ0) is 34.3. The van der Waals surface area contributed by atoms with E-state index in [1.54, 1.807) is 0 Å². The van der Waals surface area contributed by atoms with Gasteiger partial charge in [0.2, 0.25) is 0 Å². The molecule has 6 nitrogen and oxygen atoms in total. The summed E-state index contributed by atoms with van der Waals surface area (Å²) in [5, 5.41) is 15.0. The van der Waals surface area contributed by atoms with Crippen LogP contribution in [0.25, 0.3) is 55.3 Å². The van der Waals surface area contributed by atoms with Crippen LogP contribution in [0, 0.1) is 23.0 Å². The summed E-state index contributed by atoms with van der Waals surface area (Å²) in [6, 6.07) is 36.0. The molecule has 50 heavy (non-hydrogen) atoms. The topological polar surface area (TPSA) is 61.9 Å². The summed E-state index contributed by atoms with van der Waals surface area (Å²) >= 11 is 0. The molecule has 0 radical (unpaired) electrons. The molecular weight excluding hydrogens is 800 g/mol. The van der Waals surface area contributed by atoms with E-state index in [1.807, 2.05) is 48.5 Å². The third-order valence-electron chi connectivity index (χ3n) is 9.32. The van der Waals surface area contributed by atoms with Crippen molar-refractivity contribution in [2.24, 2.45) is 10.8 Å². The summed E-state index contributed by atoms with van der Waals surface area (Å²) in [5.41, 5.74) is 9.01. The van der Waals surface area contributed by atoms with Gasteiger partial charge in [0.05, 0.1) is 16.8 Å². The Kier molecular flexibility index (Phi) is 8.26. The van der Waals surface area contributed by atoms with Gasteiger partial charge in [-0.05, 0) is 73.2 Å². The van der Waals surface area contributed by atoms with E-state index in [0.717, 1.165) is 90.9 Å². The first-order valence-electron chi connectivity index (χ1n) is 17.1. The Morgan fingerprint density at radius 2 is 0.940 bits per heavy atom. The summed E-state index contributed by atoms with van der Waals surface area (Å²) in [7, 11) is 0. The Hall–Kier alpha value is -4.41. The molecule has 0 aliphatic carbocycles. The second kappa shape index (κ2) is 12.1. The van der Waals surface area contributed by atoms with Crippen molar-refractivity contribution in [2.75, 3.05) is 0 Å². The number of nitrogens with zero attached hydrogens (tertiary/aromatic N) is 4. The summed E-state index contributed by atoms with van der Waals surface area (Å²) in [5.74, 6) is 0. The molecule has 0 unspecified atom stereocenters. The maximum Gasteiger partial charge on any atom is 2.00 e. The zero-order valence-electron chi connectivity index (χ0n) is 29.9. The van der Waals surface area contributed by atoms with E-state index in [0.29, 0.717) is 0 Å². The van der Waals surface area contributed by atoms with Crippen molar-refractivity contribution in [2.45, 2.75) is 73.6 Å². The fourth-order valence-corrected chi connectivity index (χ4v) is 6.90. The van der Waals surface area contributed by atoms with Gasteiger partial charge in [0.15, 0.2) is 0 Å². The van der Waals surface area contributed by atoms with Crippen molar-refractivity contribution >= 4 is 43.9 Å². The molecule has 0 saturated carbocycles. The normalized spacial score (nSPS) is 12.8. The first-order valence-corrected chi connectivity index (χ1v) is 17.1. The van der Waals surface area contributed by atoms with Crippen LogP contribution in [0.4, 0.5) is 0 Å². The molecular formula is C43H42N4O2Pt. The standard InChI is InChI=1S/C43H42N4O2.Pt/c1-41(2,3)25-29-23-39(44-46(29)27-17-19-37-33(21-27)31-13-9-11-15-35(31)48-37)43(7,8)40-24-30(26-42(4,5)6)47(45-40)28-18-20-38-34(22-28)32-14-10-12-16-36(32)49-38;/h9-16,19-24H,25-26H2,1-8H3;/q-2;+2. The average molecular weight is 842 g/mol. The molecule has 0 saturated heterocycles. The number of fused-ring (bicyclic) bond motifs is 6. The van der Waals surface area contributed by atoms with Crippen LogP contribution in [-0.2, 0) is 39.3 Å². The van der Waals surface area contributed by atoms with E-state index in [4.69, 9.17) is 19.0 Å². The number of hydrogen-bond acceptors (Lipinski definition) is 4. The minimum atomic E-state index is -0.491. The van der Waals surface area contributed by atoms with E-state index >= 15 is 0 Å². The molecule has 0 atom stereocenters. The van der Waals surface area contributed by atoms with Crippen molar-refractivity contribution in [3.8, 4) is 11.4 Å². The molecule has 7 heteroatoms. The first-order chi connectivity index (χ1) is 23.2. The second-order valence-electron chi connectivity index (χ2n) is 16.4. The van der Waals surface area contributed by atoms with E-state index in [1.165, 1.54) is 0 Å². The van der Waals surface area contributed by atoms with Crippen molar-refractivity contribution in [1.29, 1.82) is 0 Å². The van der Waals surface area contributed by atoms with Gasteiger partial charge < -0.3 is 8.83 Å². The van der Waals surface area contributed by atoms with Gasteiger partial charge in [-0.1, -0.05) is 88.7 Å². The Morgan fingerprint density at radius 3 is 1.34 bits per heavy atom. The molecule has 0 bridgehead atoms. The van der Waals surface area contributed by atoms with Crippen LogP contribution in [0.15, 0.2) is 93.8 Å². The summed E-state index contributed by atoms with van der Waals surface area (Å²) in [6.45, 7) is 18.0. The van der Waals surface area contributed by atoms with Gasteiger partial charge in [-0.25, -0.2) is 0 Å². The van der Waals surface area contributed by atoms with Gasteiger partial charge >= 0.3 is 21.1 Å². The van der Waals surface area contributed by atoms with E-state index in [2.05, 4.69) is 113 Å². The minimum Gasteiger partial charge on any atom is -0.516 e. The fourth-order valence-electron chi connectivity index (χ4n) is 6.90. The maximum absolute atomic E-state index is 6.12. The van der Waals surface area contributed by atoms with Gasteiger partial charge in [0.25, 0.3) is 0 Å². The fraction of sp³-hybridized carbons (Fsp3) is 0.302. The van der Waals surface area contributed by atoms with Crippen LogP contribution in [-0.4, -0.2) is 19.6 Å². The third kappa shape index (κ3) is 6.13. The van der Waals surface area contributed by atoms with Crippen LogP contribution in [0.1, 0.15) is 78.2 Å². The molecule has 0 N–H and O–H groups in total. The van der Waals surface area contributed by atoms with Crippen molar-refractivity contribution in [1.82, 2.24) is 19.6 Å². The molecule has 256 valence electrons. The Bertz CT molecular complexity index is 2340. The molecule has 0 amide bonds. The van der Waals surface area contributed by atoms with E-state index in [-0.39, 0.29) is 31.9 Å². The molecule has 0 aliphatic rings. The molecule has 8 aromatic rings. The number of furan rings is 2. The van der Waals surface area contributed by atoms with Crippen LogP contribution in [0.2, 0.25) is 0 Å². The summed E-state index contributed by atoms with van der Waals surface area (Å²) in [4.78, 5) is 0. The van der Waals surface area contributed by atoms with E-state index < -0.39 is 5.41 Å². The van der Waals surface area contributed by atoms with Crippen molar-refractivity contribution in [3.63, 3.8) is 0 Å². The van der Waals surface area contributed by atoms with Crippen LogP contribution < -0.4 is 0 Å². The van der Waals surface area contributed by atoms with Crippen molar-refractivity contribution < 1.29 is 29.9 Å². The smallest absolute Gasteiger partial charge is 0.516 e. The van der Waals surface area contributed by atoms with E-state index in [9.17, 15) is 0 Å². The van der Waals surface area contributed by atoms with Crippen LogP contribution in [0.5, 0.6) is 0 Å². The minimum absolute atomic E-state index is 0. The second-order valence-corrected chi connectivity index (χ2v) is 16.4. The quantitative estimate of drug-likeness (QED) is 0.157. The van der Waals surface area contributed by atoms with Gasteiger partial charge in [0, 0.05) is 33.3 Å².